The van der Waals surface area contributed by atoms with Crippen LogP contribution < -0.4 is 5.32 Å². The fourth-order valence-corrected chi connectivity index (χ4v) is 2.27. The van der Waals surface area contributed by atoms with Gasteiger partial charge in [0.1, 0.15) is 6.04 Å². The van der Waals surface area contributed by atoms with E-state index in [-0.39, 0.29) is 6.04 Å². The van der Waals surface area contributed by atoms with Crippen molar-refractivity contribution in [3.05, 3.63) is 0 Å². The minimum atomic E-state index is -0.742. The Morgan fingerprint density at radius 1 is 1.56 bits per heavy atom. The molecule has 1 heterocycles. The summed E-state index contributed by atoms with van der Waals surface area (Å²) in [5.74, 6) is 0.0159. The maximum atomic E-state index is 11.1. The number of aliphatic carboxylic acids is 1. The molecule has 1 saturated heterocycles. The summed E-state index contributed by atoms with van der Waals surface area (Å²) in [6, 6.07) is -0.221. The van der Waals surface area contributed by atoms with Crippen LogP contribution in [0.25, 0.3) is 0 Å². The summed E-state index contributed by atoms with van der Waals surface area (Å²) in [6.45, 7) is 8.89. The Morgan fingerprint density at radius 3 is 2.69 bits per heavy atom. The van der Waals surface area contributed by atoms with Crippen molar-refractivity contribution in [2.24, 2.45) is 5.92 Å². The van der Waals surface area contributed by atoms with E-state index < -0.39 is 12.0 Å². The Balaban J connectivity index is 2.40. The molecule has 0 spiro atoms. The summed E-state index contributed by atoms with van der Waals surface area (Å²) in [5, 5.41) is 12.2. The predicted octanol–water partition coefficient (Wildman–Crippen LogP) is 1.17. The van der Waals surface area contributed by atoms with Gasteiger partial charge in [0.05, 0.1) is 0 Å². The summed E-state index contributed by atoms with van der Waals surface area (Å²) < 4.78 is 0. The van der Waals surface area contributed by atoms with Gasteiger partial charge in [-0.2, -0.15) is 0 Å². The minimum Gasteiger partial charge on any atom is -0.480 e. The van der Waals surface area contributed by atoms with Gasteiger partial charge in [0.25, 0.3) is 0 Å². The van der Waals surface area contributed by atoms with E-state index in [4.69, 9.17) is 5.11 Å². The molecule has 1 aliphatic rings. The van der Waals surface area contributed by atoms with E-state index in [1.807, 2.05) is 13.8 Å². The largest absolute Gasteiger partial charge is 0.480 e. The molecule has 1 fully saturated rings. The van der Waals surface area contributed by atoms with Crippen LogP contribution in [0.4, 0.5) is 0 Å². The van der Waals surface area contributed by atoms with Crippen molar-refractivity contribution >= 4 is 5.97 Å². The van der Waals surface area contributed by atoms with Gasteiger partial charge in [0.2, 0.25) is 0 Å². The first-order valence-corrected chi connectivity index (χ1v) is 6.24. The van der Waals surface area contributed by atoms with E-state index in [1.54, 1.807) is 0 Å². The maximum absolute atomic E-state index is 11.1. The SMILES string of the molecule is CCC1CCN(CC(NC(C)C)C(=O)O)C1. The van der Waals surface area contributed by atoms with Crippen LogP contribution >= 0.6 is 0 Å². The molecule has 0 bridgehead atoms. The second-order valence-electron chi connectivity index (χ2n) is 5.03. The predicted molar refractivity (Wildman–Crippen MR) is 64.5 cm³/mol. The van der Waals surface area contributed by atoms with Gasteiger partial charge in [-0.3, -0.25) is 4.79 Å². The summed E-state index contributed by atoms with van der Waals surface area (Å²) in [6.07, 6.45) is 2.41. The average Bonchev–Trinajstić information content (AvgIpc) is 2.63. The van der Waals surface area contributed by atoms with E-state index in [0.717, 1.165) is 19.0 Å². The fraction of sp³-hybridized carbons (Fsp3) is 0.917. The lowest BCUT2D eigenvalue weighted by atomic mass is 10.1. The van der Waals surface area contributed by atoms with Crippen LogP contribution in [0.2, 0.25) is 0 Å². The molecule has 0 saturated carbocycles. The molecular formula is C12H24N2O2. The van der Waals surface area contributed by atoms with Gasteiger partial charge < -0.3 is 15.3 Å². The van der Waals surface area contributed by atoms with Crippen molar-refractivity contribution in [2.75, 3.05) is 19.6 Å². The van der Waals surface area contributed by atoms with E-state index >= 15 is 0 Å². The lowest BCUT2D eigenvalue weighted by molar-refractivity contribution is -0.140. The number of carbonyl (C=O) groups is 1. The molecule has 2 atom stereocenters. The number of likely N-dealkylation sites (tertiary alicyclic amines) is 1. The highest BCUT2D eigenvalue weighted by molar-refractivity contribution is 5.73. The molecule has 4 heteroatoms. The summed E-state index contributed by atoms with van der Waals surface area (Å²) in [4.78, 5) is 13.4. The molecule has 0 aromatic rings. The van der Waals surface area contributed by atoms with Crippen LogP contribution in [-0.4, -0.2) is 47.7 Å². The monoisotopic (exact) mass is 228 g/mol. The summed E-state index contributed by atoms with van der Waals surface area (Å²) in [5.41, 5.74) is 0. The molecule has 1 aliphatic heterocycles. The van der Waals surface area contributed by atoms with Gasteiger partial charge >= 0.3 is 5.97 Å². The van der Waals surface area contributed by atoms with E-state index in [0.29, 0.717) is 6.54 Å². The van der Waals surface area contributed by atoms with Gasteiger partial charge in [0, 0.05) is 19.1 Å². The summed E-state index contributed by atoms with van der Waals surface area (Å²) in [7, 11) is 0. The number of hydrogen-bond acceptors (Lipinski definition) is 3. The van der Waals surface area contributed by atoms with Gasteiger partial charge in [-0.1, -0.05) is 27.2 Å². The summed E-state index contributed by atoms with van der Waals surface area (Å²) >= 11 is 0. The molecule has 1 rings (SSSR count). The standard InChI is InChI=1S/C12H24N2O2/c1-4-10-5-6-14(7-10)8-11(12(15)16)13-9(2)3/h9-11,13H,4-8H2,1-3H3,(H,15,16). The third-order valence-corrected chi connectivity index (χ3v) is 3.22. The zero-order chi connectivity index (χ0) is 12.1. The highest BCUT2D eigenvalue weighted by atomic mass is 16.4. The van der Waals surface area contributed by atoms with Gasteiger partial charge in [-0.05, 0) is 18.9 Å². The number of nitrogens with one attached hydrogen (secondary N) is 1. The quantitative estimate of drug-likeness (QED) is 0.716. The van der Waals surface area contributed by atoms with Gasteiger partial charge in [-0.15, -0.1) is 0 Å². The van der Waals surface area contributed by atoms with Crippen LogP contribution in [-0.2, 0) is 4.79 Å². The zero-order valence-corrected chi connectivity index (χ0v) is 10.6. The number of carboxylic acids is 1. The molecule has 0 aliphatic carbocycles. The number of carboxylic acid groups (broad SMARTS) is 1. The van der Waals surface area contributed by atoms with Crippen LogP contribution in [0.1, 0.15) is 33.6 Å². The minimum absolute atomic E-state index is 0.214. The zero-order valence-electron chi connectivity index (χ0n) is 10.6. The highest BCUT2D eigenvalue weighted by Gasteiger charge is 2.26. The fourth-order valence-electron chi connectivity index (χ4n) is 2.27. The molecule has 4 nitrogen and oxygen atoms in total. The average molecular weight is 228 g/mol. The molecule has 2 N–H and O–H groups in total. The third-order valence-electron chi connectivity index (χ3n) is 3.22. The molecule has 0 aromatic heterocycles. The Labute approximate surface area is 98.0 Å². The van der Waals surface area contributed by atoms with Crippen molar-refractivity contribution in [2.45, 2.75) is 45.7 Å². The first-order valence-electron chi connectivity index (χ1n) is 6.24. The molecule has 0 aromatic carbocycles. The van der Waals surface area contributed by atoms with Crippen LogP contribution in [0.3, 0.4) is 0 Å². The normalized spacial score (nSPS) is 23.9. The molecule has 0 amide bonds. The first kappa shape index (κ1) is 13.5. The maximum Gasteiger partial charge on any atom is 0.322 e. The molecular weight excluding hydrogens is 204 g/mol. The van der Waals surface area contributed by atoms with Gasteiger partial charge in [0.15, 0.2) is 0 Å². The van der Waals surface area contributed by atoms with Crippen molar-refractivity contribution in [1.29, 1.82) is 0 Å². The number of hydrogen-bond donors (Lipinski definition) is 2. The Morgan fingerprint density at radius 2 is 2.25 bits per heavy atom. The lowest BCUT2D eigenvalue weighted by Crippen LogP contribution is -2.48. The van der Waals surface area contributed by atoms with Crippen molar-refractivity contribution in [3.8, 4) is 0 Å². The number of nitrogens with zero attached hydrogens (tertiary/aromatic N) is 1. The van der Waals surface area contributed by atoms with Crippen LogP contribution in [0.15, 0.2) is 0 Å². The first-order chi connectivity index (χ1) is 7.52. The highest BCUT2D eigenvalue weighted by Crippen LogP contribution is 2.18. The molecule has 94 valence electrons. The van der Waals surface area contributed by atoms with Gasteiger partial charge in [-0.25, -0.2) is 0 Å². The topological polar surface area (TPSA) is 52.6 Å². The van der Waals surface area contributed by atoms with Crippen LogP contribution in [0.5, 0.6) is 0 Å². The smallest absolute Gasteiger partial charge is 0.322 e. The second kappa shape index (κ2) is 6.21. The molecule has 2 unspecified atom stereocenters. The third kappa shape index (κ3) is 4.10. The van der Waals surface area contributed by atoms with Crippen molar-refractivity contribution < 1.29 is 9.90 Å². The molecule has 0 radical (unpaired) electrons. The van der Waals surface area contributed by atoms with Crippen molar-refractivity contribution in [1.82, 2.24) is 10.2 Å². The van der Waals surface area contributed by atoms with Crippen molar-refractivity contribution in [3.63, 3.8) is 0 Å². The lowest BCUT2D eigenvalue weighted by Gasteiger charge is -2.23. The van der Waals surface area contributed by atoms with E-state index in [1.165, 1.54) is 12.8 Å². The van der Waals surface area contributed by atoms with E-state index in [2.05, 4.69) is 17.1 Å². The Bertz CT molecular complexity index is 231. The Hall–Kier alpha value is -0.610. The van der Waals surface area contributed by atoms with Crippen LogP contribution in [0, 0.1) is 5.92 Å². The second-order valence-corrected chi connectivity index (χ2v) is 5.03. The number of rotatable bonds is 6. The molecule has 16 heavy (non-hydrogen) atoms. The van der Waals surface area contributed by atoms with E-state index in [9.17, 15) is 4.79 Å². The Kier molecular flexibility index (Phi) is 5.22.